The van der Waals surface area contributed by atoms with Gasteiger partial charge in [0.25, 0.3) is 0 Å². The van der Waals surface area contributed by atoms with E-state index in [0.717, 1.165) is 17.9 Å². The van der Waals surface area contributed by atoms with Crippen molar-refractivity contribution in [2.45, 2.75) is 18.9 Å². The van der Waals surface area contributed by atoms with Gasteiger partial charge in [0, 0.05) is 6.54 Å². The van der Waals surface area contributed by atoms with Gasteiger partial charge in [-0.15, -0.1) is 0 Å². The van der Waals surface area contributed by atoms with Crippen LogP contribution in [0, 0.1) is 0 Å². The lowest BCUT2D eigenvalue weighted by Crippen LogP contribution is -2.37. The molecular formula is C13H17NO3. The van der Waals surface area contributed by atoms with Crippen LogP contribution >= 0.6 is 0 Å². The number of methoxy groups -OCH3 is 2. The van der Waals surface area contributed by atoms with Crippen LogP contribution in [0.4, 0.5) is 0 Å². The topological polar surface area (TPSA) is 47.6 Å². The molecule has 1 aliphatic rings. The molecule has 4 heteroatoms. The Morgan fingerprint density at radius 2 is 2.12 bits per heavy atom. The summed E-state index contributed by atoms with van der Waals surface area (Å²) in [7, 11) is 3.02. The van der Waals surface area contributed by atoms with Crippen molar-refractivity contribution in [2.24, 2.45) is 0 Å². The van der Waals surface area contributed by atoms with E-state index in [9.17, 15) is 4.79 Å². The average Bonchev–Trinajstić information content (AvgIpc) is 2.38. The summed E-state index contributed by atoms with van der Waals surface area (Å²) >= 11 is 0. The number of hydrogen-bond acceptors (Lipinski definition) is 4. The second kappa shape index (κ2) is 4.75. The van der Waals surface area contributed by atoms with Crippen molar-refractivity contribution in [1.29, 1.82) is 0 Å². The molecule has 1 aliphatic heterocycles. The van der Waals surface area contributed by atoms with Gasteiger partial charge in [-0.25, -0.2) is 4.79 Å². The van der Waals surface area contributed by atoms with E-state index >= 15 is 0 Å². The number of fused-ring (bicyclic) bond motifs is 1. The highest BCUT2D eigenvalue weighted by Gasteiger charge is 2.30. The zero-order valence-electron chi connectivity index (χ0n) is 10.3. The zero-order chi connectivity index (χ0) is 12.4. The van der Waals surface area contributed by atoms with Gasteiger partial charge in [-0.1, -0.05) is 13.0 Å². The molecule has 4 nitrogen and oxygen atoms in total. The van der Waals surface area contributed by atoms with Crippen LogP contribution in [0.25, 0.3) is 0 Å². The third-order valence-electron chi connectivity index (χ3n) is 3.20. The van der Waals surface area contributed by atoms with Gasteiger partial charge in [0.15, 0.2) is 0 Å². The van der Waals surface area contributed by atoms with Gasteiger partial charge >= 0.3 is 5.97 Å². The van der Waals surface area contributed by atoms with Crippen LogP contribution in [0.1, 0.15) is 30.0 Å². The van der Waals surface area contributed by atoms with Crippen LogP contribution in [0.15, 0.2) is 18.2 Å². The van der Waals surface area contributed by atoms with Crippen LogP contribution in [-0.4, -0.2) is 26.7 Å². The highest BCUT2D eigenvalue weighted by molar-refractivity contribution is 5.79. The molecule has 0 saturated carbocycles. The highest BCUT2D eigenvalue weighted by Crippen LogP contribution is 2.33. The minimum atomic E-state index is -0.388. The Balaban J connectivity index is 2.44. The molecule has 2 rings (SSSR count). The maximum absolute atomic E-state index is 11.7. The van der Waals surface area contributed by atoms with Crippen molar-refractivity contribution in [2.75, 3.05) is 20.8 Å². The molecule has 1 aromatic rings. The molecular weight excluding hydrogens is 218 g/mol. The Morgan fingerprint density at radius 3 is 2.76 bits per heavy atom. The van der Waals surface area contributed by atoms with Crippen LogP contribution < -0.4 is 10.1 Å². The summed E-state index contributed by atoms with van der Waals surface area (Å²) in [4.78, 5) is 11.7. The lowest BCUT2D eigenvalue weighted by Gasteiger charge is -2.29. The van der Waals surface area contributed by atoms with E-state index in [2.05, 4.69) is 12.2 Å². The molecule has 0 saturated heterocycles. The molecule has 1 N–H and O–H groups in total. The van der Waals surface area contributed by atoms with Gasteiger partial charge in [0.2, 0.25) is 0 Å². The van der Waals surface area contributed by atoms with Gasteiger partial charge in [-0.3, -0.25) is 0 Å². The number of ether oxygens (including phenoxy) is 2. The molecule has 2 atom stereocenters. The first-order valence-electron chi connectivity index (χ1n) is 5.66. The van der Waals surface area contributed by atoms with Gasteiger partial charge < -0.3 is 14.8 Å². The fourth-order valence-electron chi connectivity index (χ4n) is 2.22. The van der Waals surface area contributed by atoms with Crippen molar-refractivity contribution < 1.29 is 14.3 Å². The molecule has 2 unspecified atom stereocenters. The van der Waals surface area contributed by atoms with Crippen LogP contribution in [0.3, 0.4) is 0 Å². The SMILES string of the molecule is COC(=O)C1NCC(C)c2ccc(OC)cc21. The molecule has 0 aromatic heterocycles. The summed E-state index contributed by atoms with van der Waals surface area (Å²) in [5.41, 5.74) is 2.13. The molecule has 0 radical (unpaired) electrons. The van der Waals surface area contributed by atoms with Crippen molar-refractivity contribution in [3.05, 3.63) is 29.3 Å². The van der Waals surface area contributed by atoms with E-state index < -0.39 is 0 Å². The van der Waals surface area contributed by atoms with E-state index in [1.54, 1.807) is 7.11 Å². The van der Waals surface area contributed by atoms with E-state index in [0.29, 0.717) is 5.92 Å². The van der Waals surface area contributed by atoms with Crippen LogP contribution in [-0.2, 0) is 9.53 Å². The summed E-state index contributed by atoms with van der Waals surface area (Å²) in [5.74, 6) is 0.886. The summed E-state index contributed by atoms with van der Waals surface area (Å²) in [6.45, 7) is 2.91. The average molecular weight is 235 g/mol. The lowest BCUT2D eigenvalue weighted by atomic mass is 9.87. The smallest absolute Gasteiger partial charge is 0.327 e. The van der Waals surface area contributed by atoms with E-state index in [1.165, 1.54) is 12.7 Å². The quantitative estimate of drug-likeness (QED) is 0.791. The first kappa shape index (κ1) is 11.9. The molecule has 0 amide bonds. The van der Waals surface area contributed by atoms with Crippen molar-refractivity contribution in [1.82, 2.24) is 5.32 Å². The largest absolute Gasteiger partial charge is 0.497 e. The Labute approximate surface area is 101 Å². The van der Waals surface area contributed by atoms with Crippen molar-refractivity contribution in [3.8, 4) is 5.75 Å². The number of esters is 1. The molecule has 0 bridgehead atoms. The standard InChI is InChI=1S/C13H17NO3/c1-8-7-14-12(13(15)17-3)11-6-9(16-2)4-5-10(8)11/h4-6,8,12,14H,7H2,1-3H3. The normalized spacial score (nSPS) is 22.8. The number of carbonyl (C=O) groups is 1. The lowest BCUT2D eigenvalue weighted by molar-refractivity contribution is -0.143. The number of carbonyl (C=O) groups excluding carboxylic acids is 1. The van der Waals surface area contributed by atoms with Crippen LogP contribution in [0.5, 0.6) is 5.75 Å². The number of hydrogen-bond donors (Lipinski definition) is 1. The van der Waals surface area contributed by atoms with E-state index in [-0.39, 0.29) is 12.0 Å². The van der Waals surface area contributed by atoms with Gasteiger partial charge in [-0.05, 0) is 29.2 Å². The summed E-state index contributed by atoms with van der Waals surface area (Å²) in [6.07, 6.45) is 0. The van der Waals surface area contributed by atoms with Crippen LogP contribution in [0.2, 0.25) is 0 Å². The van der Waals surface area contributed by atoms with E-state index in [4.69, 9.17) is 9.47 Å². The van der Waals surface area contributed by atoms with Gasteiger partial charge in [-0.2, -0.15) is 0 Å². The molecule has 1 heterocycles. The Morgan fingerprint density at radius 1 is 1.35 bits per heavy atom. The second-order valence-electron chi connectivity index (χ2n) is 4.26. The maximum atomic E-state index is 11.7. The third-order valence-corrected chi connectivity index (χ3v) is 3.20. The summed E-state index contributed by atoms with van der Waals surface area (Å²) in [5, 5.41) is 3.20. The number of rotatable bonds is 2. The van der Waals surface area contributed by atoms with E-state index in [1.807, 2.05) is 18.2 Å². The highest BCUT2D eigenvalue weighted by atomic mass is 16.5. The molecule has 1 aromatic carbocycles. The summed E-state index contributed by atoms with van der Waals surface area (Å²) < 4.78 is 10.0. The molecule has 92 valence electrons. The van der Waals surface area contributed by atoms with Gasteiger partial charge in [0.1, 0.15) is 11.8 Å². The van der Waals surface area contributed by atoms with Crippen molar-refractivity contribution >= 4 is 5.97 Å². The zero-order valence-corrected chi connectivity index (χ0v) is 10.3. The predicted molar refractivity (Wildman–Crippen MR) is 64.2 cm³/mol. The fraction of sp³-hybridized carbons (Fsp3) is 0.462. The fourth-order valence-corrected chi connectivity index (χ4v) is 2.22. The first-order chi connectivity index (χ1) is 8.17. The molecule has 0 fully saturated rings. The minimum Gasteiger partial charge on any atom is -0.497 e. The maximum Gasteiger partial charge on any atom is 0.327 e. The second-order valence-corrected chi connectivity index (χ2v) is 4.26. The summed E-state index contributed by atoms with van der Waals surface area (Å²) in [6, 6.07) is 5.46. The Hall–Kier alpha value is -1.55. The molecule has 0 spiro atoms. The molecule has 0 aliphatic carbocycles. The van der Waals surface area contributed by atoms with Gasteiger partial charge in [0.05, 0.1) is 14.2 Å². The minimum absolute atomic E-state index is 0.258. The number of nitrogens with one attached hydrogen (secondary N) is 1. The third kappa shape index (κ3) is 2.13. The van der Waals surface area contributed by atoms with Crippen molar-refractivity contribution in [3.63, 3.8) is 0 Å². The first-order valence-corrected chi connectivity index (χ1v) is 5.66. The predicted octanol–water partition coefficient (Wildman–Crippen LogP) is 1.62. The Kier molecular flexibility index (Phi) is 3.33. The molecule has 17 heavy (non-hydrogen) atoms. The Bertz CT molecular complexity index is 431. The number of benzene rings is 1. The monoisotopic (exact) mass is 235 g/mol.